The Bertz CT molecular complexity index is 1170. The Morgan fingerprint density at radius 3 is 2.71 bits per heavy atom. The van der Waals surface area contributed by atoms with Gasteiger partial charge in [-0.15, -0.1) is 0 Å². The van der Waals surface area contributed by atoms with E-state index in [-0.39, 0.29) is 12.2 Å². The van der Waals surface area contributed by atoms with E-state index in [0.29, 0.717) is 23.4 Å². The highest BCUT2D eigenvalue weighted by Gasteiger charge is 2.13. The number of hydrogen-bond donors (Lipinski definition) is 1. The third kappa shape index (κ3) is 3.36. The molecule has 28 heavy (non-hydrogen) atoms. The molecule has 0 aliphatic rings. The molecule has 0 atom stereocenters. The summed E-state index contributed by atoms with van der Waals surface area (Å²) in [6, 6.07) is 16.2. The highest BCUT2D eigenvalue weighted by atomic mass is 19.1. The number of aromatic nitrogens is 3. The van der Waals surface area contributed by atoms with Crippen LogP contribution in [0.5, 0.6) is 0 Å². The van der Waals surface area contributed by atoms with Gasteiger partial charge in [0.1, 0.15) is 5.82 Å². The minimum absolute atomic E-state index is 0.0206. The van der Waals surface area contributed by atoms with Crippen molar-refractivity contribution < 1.29 is 14.3 Å². The second kappa shape index (κ2) is 7.23. The molecule has 0 spiro atoms. The molecule has 6 heteroatoms. The number of hydrogen-bond acceptors (Lipinski definition) is 3. The van der Waals surface area contributed by atoms with Crippen LogP contribution in [0.25, 0.3) is 27.8 Å². The number of carboxylic acids is 1. The third-order valence-corrected chi connectivity index (χ3v) is 4.70. The van der Waals surface area contributed by atoms with E-state index in [1.165, 1.54) is 6.07 Å². The number of carboxylic acid groups (broad SMARTS) is 1. The molecule has 0 radical (unpaired) electrons. The summed E-state index contributed by atoms with van der Waals surface area (Å²) in [5, 5.41) is 14.3. The first-order chi connectivity index (χ1) is 13.5. The first kappa shape index (κ1) is 17.9. The Hall–Kier alpha value is -3.54. The van der Waals surface area contributed by atoms with Gasteiger partial charge >= 0.3 is 5.97 Å². The van der Waals surface area contributed by atoms with Gasteiger partial charge in [-0.1, -0.05) is 30.3 Å². The predicted octanol–water partition coefficient (Wildman–Crippen LogP) is 4.55. The predicted molar refractivity (Wildman–Crippen MR) is 105 cm³/mol. The number of rotatable bonds is 5. The summed E-state index contributed by atoms with van der Waals surface area (Å²) in [4.78, 5) is 15.1. The van der Waals surface area contributed by atoms with E-state index in [4.69, 9.17) is 5.11 Å². The van der Waals surface area contributed by atoms with Gasteiger partial charge in [0.25, 0.3) is 0 Å². The smallest absolute Gasteiger partial charge is 0.303 e. The molecule has 140 valence electrons. The van der Waals surface area contributed by atoms with Crippen LogP contribution in [-0.4, -0.2) is 25.8 Å². The van der Waals surface area contributed by atoms with E-state index in [2.05, 4.69) is 10.1 Å². The Kier molecular flexibility index (Phi) is 4.61. The van der Waals surface area contributed by atoms with Gasteiger partial charge in [0, 0.05) is 23.6 Å². The third-order valence-electron chi connectivity index (χ3n) is 4.70. The lowest BCUT2D eigenvalue weighted by Gasteiger charge is -2.08. The number of benzene rings is 2. The van der Waals surface area contributed by atoms with Crippen molar-refractivity contribution in [3.05, 3.63) is 77.9 Å². The molecule has 1 N–H and O–H groups in total. The summed E-state index contributed by atoms with van der Waals surface area (Å²) < 4.78 is 16.5. The van der Waals surface area contributed by atoms with Crippen LogP contribution in [0.1, 0.15) is 17.7 Å². The molecule has 0 fully saturated rings. The number of nitrogens with zero attached hydrogens (tertiary/aromatic N) is 3. The van der Waals surface area contributed by atoms with Crippen molar-refractivity contribution in [1.29, 1.82) is 0 Å². The summed E-state index contributed by atoms with van der Waals surface area (Å²) in [5.41, 5.74) is 3.58. The molecule has 0 amide bonds. The van der Waals surface area contributed by atoms with Crippen LogP contribution >= 0.6 is 0 Å². The van der Waals surface area contributed by atoms with Crippen molar-refractivity contribution in [2.45, 2.75) is 19.8 Å². The van der Waals surface area contributed by atoms with E-state index in [9.17, 15) is 9.18 Å². The Morgan fingerprint density at radius 2 is 2.00 bits per heavy atom. The summed E-state index contributed by atoms with van der Waals surface area (Å²) in [7, 11) is 0. The SMILES string of the molecule is Cc1nn(-c2ccccn2)c2cc(-c3ccc(CCC(=O)O)cc3F)ccc12. The van der Waals surface area contributed by atoms with Crippen LogP contribution in [0.3, 0.4) is 0 Å². The standard InChI is InChI=1S/C22H18FN3O2/c1-14-17-9-7-16(13-20(17)26(25-14)21-4-2-3-11-24-21)18-8-5-15(12-19(18)23)6-10-22(27)28/h2-5,7-9,11-13H,6,10H2,1H3,(H,27,28). The van der Waals surface area contributed by atoms with Crippen molar-refractivity contribution in [1.82, 2.24) is 14.8 Å². The normalized spacial score (nSPS) is 11.1. The number of aliphatic carboxylic acids is 1. The van der Waals surface area contributed by atoms with E-state index in [1.54, 1.807) is 23.0 Å². The average Bonchev–Trinajstić information content (AvgIpc) is 3.03. The first-order valence-electron chi connectivity index (χ1n) is 8.94. The van der Waals surface area contributed by atoms with Crippen LogP contribution in [0.2, 0.25) is 0 Å². The van der Waals surface area contributed by atoms with E-state index in [0.717, 1.165) is 22.2 Å². The molecule has 2 heterocycles. The molecule has 2 aromatic heterocycles. The number of aryl methyl sites for hydroxylation is 2. The minimum atomic E-state index is -0.895. The summed E-state index contributed by atoms with van der Waals surface area (Å²) in [6.45, 7) is 1.93. The molecule has 0 unspecified atom stereocenters. The van der Waals surface area contributed by atoms with Gasteiger partial charge in [-0.3, -0.25) is 4.79 Å². The van der Waals surface area contributed by atoms with E-state index >= 15 is 0 Å². The second-order valence-electron chi connectivity index (χ2n) is 6.63. The number of carbonyl (C=O) groups is 1. The molecular formula is C22H18FN3O2. The van der Waals surface area contributed by atoms with Crippen LogP contribution in [0.4, 0.5) is 4.39 Å². The van der Waals surface area contributed by atoms with E-state index in [1.807, 2.05) is 43.3 Å². The van der Waals surface area contributed by atoms with Gasteiger partial charge in [-0.2, -0.15) is 5.10 Å². The van der Waals surface area contributed by atoms with Gasteiger partial charge in [0.15, 0.2) is 5.82 Å². The summed E-state index contributed by atoms with van der Waals surface area (Å²) in [6.07, 6.45) is 1.99. The Labute approximate surface area is 161 Å². The number of fused-ring (bicyclic) bond motifs is 1. The van der Waals surface area contributed by atoms with Crippen molar-refractivity contribution in [3.8, 4) is 16.9 Å². The molecule has 0 saturated carbocycles. The maximum absolute atomic E-state index is 14.7. The molecule has 0 aliphatic heterocycles. The Balaban J connectivity index is 1.77. The lowest BCUT2D eigenvalue weighted by Crippen LogP contribution is -1.99. The Morgan fingerprint density at radius 1 is 1.14 bits per heavy atom. The average molecular weight is 375 g/mol. The summed E-state index contributed by atoms with van der Waals surface area (Å²) >= 11 is 0. The molecule has 0 bridgehead atoms. The maximum atomic E-state index is 14.7. The first-order valence-corrected chi connectivity index (χ1v) is 8.94. The zero-order valence-corrected chi connectivity index (χ0v) is 15.3. The fourth-order valence-electron chi connectivity index (χ4n) is 3.29. The topological polar surface area (TPSA) is 68.0 Å². The molecule has 5 nitrogen and oxygen atoms in total. The highest BCUT2D eigenvalue weighted by molar-refractivity contribution is 5.87. The minimum Gasteiger partial charge on any atom is -0.481 e. The molecule has 0 saturated heterocycles. The van der Waals surface area contributed by atoms with Crippen LogP contribution in [-0.2, 0) is 11.2 Å². The molecule has 4 aromatic rings. The van der Waals surface area contributed by atoms with Gasteiger partial charge < -0.3 is 5.11 Å². The quantitative estimate of drug-likeness (QED) is 0.556. The van der Waals surface area contributed by atoms with Crippen molar-refractivity contribution in [2.24, 2.45) is 0 Å². The van der Waals surface area contributed by atoms with Crippen LogP contribution in [0.15, 0.2) is 60.8 Å². The fourth-order valence-corrected chi connectivity index (χ4v) is 3.29. The van der Waals surface area contributed by atoms with Crippen LogP contribution < -0.4 is 0 Å². The summed E-state index contributed by atoms with van der Waals surface area (Å²) in [5.74, 6) is -0.571. The lowest BCUT2D eigenvalue weighted by atomic mass is 10.00. The fraction of sp³-hybridized carbons (Fsp3) is 0.136. The van der Waals surface area contributed by atoms with Crippen LogP contribution in [0, 0.1) is 12.7 Å². The number of halogens is 1. The molecule has 0 aliphatic carbocycles. The molecule has 4 rings (SSSR count). The molecule has 2 aromatic carbocycles. The zero-order valence-electron chi connectivity index (χ0n) is 15.3. The van der Waals surface area contributed by atoms with Gasteiger partial charge in [0.2, 0.25) is 0 Å². The zero-order chi connectivity index (χ0) is 19.7. The largest absolute Gasteiger partial charge is 0.481 e. The van der Waals surface area contributed by atoms with E-state index < -0.39 is 5.97 Å². The van der Waals surface area contributed by atoms with Gasteiger partial charge in [-0.25, -0.2) is 14.1 Å². The van der Waals surface area contributed by atoms with Crippen molar-refractivity contribution >= 4 is 16.9 Å². The van der Waals surface area contributed by atoms with Crippen molar-refractivity contribution in [3.63, 3.8) is 0 Å². The van der Waals surface area contributed by atoms with Gasteiger partial charge in [0.05, 0.1) is 11.2 Å². The monoisotopic (exact) mass is 375 g/mol. The maximum Gasteiger partial charge on any atom is 0.303 e. The van der Waals surface area contributed by atoms with Gasteiger partial charge in [-0.05, 0) is 48.7 Å². The lowest BCUT2D eigenvalue weighted by molar-refractivity contribution is -0.136. The number of pyridine rings is 1. The molecular weight excluding hydrogens is 357 g/mol. The second-order valence-corrected chi connectivity index (χ2v) is 6.63. The highest BCUT2D eigenvalue weighted by Crippen LogP contribution is 2.29. The van der Waals surface area contributed by atoms with Crippen molar-refractivity contribution in [2.75, 3.05) is 0 Å².